The van der Waals surface area contributed by atoms with Gasteiger partial charge in [0.15, 0.2) is 0 Å². The Morgan fingerprint density at radius 2 is 1.94 bits per heavy atom. The Hall–Kier alpha value is -0.780. The monoisotopic (exact) mass is 350 g/mol. The van der Waals surface area contributed by atoms with Crippen LogP contribution in [0.25, 0.3) is 0 Å². The topological polar surface area (TPSA) is 17.1 Å². The molecule has 2 rings (SSSR count). The zero-order valence-corrected chi connectivity index (χ0v) is 12.2. The molecule has 0 N–H and O–H groups in total. The van der Waals surface area contributed by atoms with Crippen LogP contribution < -0.4 is 0 Å². The summed E-state index contributed by atoms with van der Waals surface area (Å²) in [4.78, 5) is 12.4. The smallest absolute Gasteiger partial charge is 0.205 e. The third-order valence-corrected chi connectivity index (χ3v) is 4.84. The normalized spacial score (nSPS) is 10.7. The molecule has 0 amide bonds. The van der Waals surface area contributed by atoms with E-state index in [0.717, 1.165) is 11.3 Å². The maximum absolute atomic E-state index is 13.6. The first-order valence-corrected chi connectivity index (χ1v) is 6.84. The zero-order valence-electron chi connectivity index (χ0n) is 9.06. The lowest BCUT2D eigenvalue weighted by molar-refractivity contribution is 0.103. The average Bonchev–Trinajstić information content (AvgIpc) is 2.63. The van der Waals surface area contributed by atoms with Gasteiger partial charge in [0.2, 0.25) is 5.78 Å². The largest absolute Gasteiger partial charge is 0.288 e. The summed E-state index contributed by atoms with van der Waals surface area (Å²) in [5, 5.41) is 0.391. The van der Waals surface area contributed by atoms with Gasteiger partial charge >= 0.3 is 0 Å². The molecule has 0 bridgehead atoms. The summed E-state index contributed by atoms with van der Waals surface area (Å²) in [6, 6.07) is 3.37. The van der Waals surface area contributed by atoms with Crippen LogP contribution in [0.2, 0.25) is 5.02 Å². The predicted molar refractivity (Wildman–Crippen MR) is 71.6 cm³/mol. The van der Waals surface area contributed by atoms with Crippen LogP contribution in [0.3, 0.4) is 0 Å². The molecule has 0 fully saturated rings. The van der Waals surface area contributed by atoms with Crippen molar-refractivity contribution >= 4 is 44.7 Å². The number of aryl methyl sites for hydroxylation is 1. The van der Waals surface area contributed by atoms with Crippen molar-refractivity contribution in [2.75, 3.05) is 0 Å². The van der Waals surface area contributed by atoms with Crippen molar-refractivity contribution in [3.8, 4) is 0 Å². The molecule has 2 aromatic rings. The third-order valence-electron chi connectivity index (χ3n) is 2.36. The number of rotatable bonds is 2. The van der Waals surface area contributed by atoms with Gasteiger partial charge in [0.1, 0.15) is 11.6 Å². The van der Waals surface area contributed by atoms with Crippen molar-refractivity contribution in [2.24, 2.45) is 0 Å². The Bertz CT molecular complexity index is 620. The number of carbonyl (C=O) groups excluding carboxylic acids is 1. The highest BCUT2D eigenvalue weighted by Gasteiger charge is 2.19. The second kappa shape index (κ2) is 5.07. The maximum Gasteiger partial charge on any atom is 0.205 e. The van der Waals surface area contributed by atoms with Crippen LogP contribution in [-0.2, 0) is 0 Å². The Kier molecular flexibility index (Phi) is 3.84. The number of thiophene rings is 1. The van der Waals surface area contributed by atoms with Crippen molar-refractivity contribution < 1.29 is 13.6 Å². The maximum atomic E-state index is 13.6. The molecule has 0 saturated carbocycles. The molecule has 0 aliphatic heterocycles. The minimum atomic E-state index is -0.872. The van der Waals surface area contributed by atoms with Crippen LogP contribution in [0.15, 0.2) is 22.0 Å². The van der Waals surface area contributed by atoms with Crippen LogP contribution in [0, 0.1) is 18.6 Å². The number of carbonyl (C=O) groups is 1. The van der Waals surface area contributed by atoms with E-state index in [2.05, 4.69) is 15.9 Å². The molecule has 1 heterocycles. The van der Waals surface area contributed by atoms with Crippen molar-refractivity contribution in [3.63, 3.8) is 0 Å². The molecule has 0 radical (unpaired) electrons. The molecule has 0 saturated heterocycles. The first-order chi connectivity index (χ1) is 8.40. The predicted octanol–water partition coefficient (Wildman–Crippen LogP) is 4.98. The molecule has 1 aromatic carbocycles. The van der Waals surface area contributed by atoms with Gasteiger partial charge in [0.25, 0.3) is 0 Å². The van der Waals surface area contributed by atoms with Crippen LogP contribution in [0.4, 0.5) is 8.78 Å². The molecule has 0 aliphatic carbocycles. The summed E-state index contributed by atoms with van der Waals surface area (Å²) in [6.07, 6.45) is 0. The molecule has 0 aliphatic rings. The van der Waals surface area contributed by atoms with Crippen LogP contribution >= 0.6 is 38.9 Å². The van der Waals surface area contributed by atoms with E-state index >= 15 is 0 Å². The van der Waals surface area contributed by atoms with Crippen molar-refractivity contribution in [1.29, 1.82) is 0 Å². The Morgan fingerprint density at radius 3 is 2.50 bits per heavy atom. The SMILES string of the molecule is Cc1cc(C(=O)c2cc(Cl)c(Br)s2)c(F)cc1F. The summed E-state index contributed by atoms with van der Waals surface area (Å²) >= 11 is 10.1. The second-order valence-corrected chi connectivity index (χ2v) is 6.42. The molecule has 18 heavy (non-hydrogen) atoms. The molecule has 0 atom stereocenters. The lowest BCUT2D eigenvalue weighted by Crippen LogP contribution is -2.04. The van der Waals surface area contributed by atoms with Crippen LogP contribution in [-0.4, -0.2) is 5.78 Å². The Labute approximate surface area is 120 Å². The number of halogens is 4. The molecule has 0 spiro atoms. The van der Waals surface area contributed by atoms with Gasteiger partial charge in [0, 0.05) is 6.07 Å². The van der Waals surface area contributed by atoms with Gasteiger partial charge in [-0.15, -0.1) is 11.3 Å². The van der Waals surface area contributed by atoms with Crippen molar-refractivity contribution in [3.05, 3.63) is 54.6 Å². The highest BCUT2D eigenvalue weighted by molar-refractivity contribution is 9.11. The first-order valence-electron chi connectivity index (χ1n) is 4.85. The zero-order chi connectivity index (χ0) is 13.4. The minimum Gasteiger partial charge on any atom is -0.288 e. The van der Waals surface area contributed by atoms with Crippen LogP contribution in [0.5, 0.6) is 0 Å². The van der Waals surface area contributed by atoms with Crippen molar-refractivity contribution in [1.82, 2.24) is 0 Å². The summed E-state index contributed by atoms with van der Waals surface area (Å²) < 4.78 is 27.3. The van der Waals surface area contributed by atoms with Gasteiger partial charge in [-0.2, -0.15) is 0 Å². The van der Waals surface area contributed by atoms with Crippen molar-refractivity contribution in [2.45, 2.75) is 6.92 Å². The van der Waals surface area contributed by atoms with E-state index in [0.29, 0.717) is 19.8 Å². The van der Waals surface area contributed by atoms with Gasteiger partial charge in [0.05, 0.1) is 19.2 Å². The number of ketones is 1. The van der Waals surface area contributed by atoms with E-state index in [1.807, 2.05) is 0 Å². The molecule has 0 unspecified atom stereocenters. The molecular weight excluding hydrogens is 346 g/mol. The fourth-order valence-electron chi connectivity index (χ4n) is 1.42. The van der Waals surface area contributed by atoms with Gasteiger partial charge in [-0.1, -0.05) is 11.6 Å². The number of benzene rings is 1. The van der Waals surface area contributed by atoms with Gasteiger partial charge < -0.3 is 0 Å². The van der Waals surface area contributed by atoms with E-state index in [-0.39, 0.29) is 11.1 Å². The Balaban J connectivity index is 2.49. The highest BCUT2D eigenvalue weighted by Crippen LogP contribution is 2.33. The average molecular weight is 352 g/mol. The third kappa shape index (κ3) is 2.48. The second-order valence-electron chi connectivity index (χ2n) is 3.64. The summed E-state index contributed by atoms with van der Waals surface area (Å²) in [5.41, 5.74) is 0.0702. The van der Waals surface area contributed by atoms with E-state index in [1.165, 1.54) is 19.1 Å². The fraction of sp³-hybridized carbons (Fsp3) is 0.0833. The summed E-state index contributed by atoms with van der Waals surface area (Å²) in [6.45, 7) is 1.48. The number of hydrogen-bond donors (Lipinski definition) is 0. The summed E-state index contributed by atoms with van der Waals surface area (Å²) in [7, 11) is 0. The van der Waals surface area contributed by atoms with Gasteiger partial charge in [-0.25, -0.2) is 8.78 Å². The molecule has 1 nitrogen and oxygen atoms in total. The van der Waals surface area contributed by atoms with Gasteiger partial charge in [-0.3, -0.25) is 4.79 Å². The lowest BCUT2D eigenvalue weighted by atomic mass is 10.1. The molecule has 6 heteroatoms. The molecule has 1 aromatic heterocycles. The Morgan fingerprint density at radius 1 is 1.28 bits per heavy atom. The first kappa shape index (κ1) is 13.6. The quantitative estimate of drug-likeness (QED) is 0.697. The van der Waals surface area contributed by atoms with E-state index in [9.17, 15) is 13.6 Å². The number of hydrogen-bond acceptors (Lipinski definition) is 2. The van der Waals surface area contributed by atoms with E-state index in [4.69, 9.17) is 11.6 Å². The fourth-order valence-corrected chi connectivity index (χ4v) is 3.08. The lowest BCUT2D eigenvalue weighted by Gasteiger charge is -2.03. The molecule has 94 valence electrons. The minimum absolute atomic E-state index is 0.153. The summed E-state index contributed by atoms with van der Waals surface area (Å²) in [5.74, 6) is -2.05. The highest BCUT2D eigenvalue weighted by atomic mass is 79.9. The van der Waals surface area contributed by atoms with Gasteiger partial charge in [-0.05, 0) is 40.5 Å². The molecular formula is C12H6BrClF2OS. The van der Waals surface area contributed by atoms with E-state index < -0.39 is 17.4 Å². The van der Waals surface area contributed by atoms with Crippen LogP contribution in [0.1, 0.15) is 20.8 Å². The van der Waals surface area contributed by atoms with E-state index in [1.54, 1.807) is 0 Å². The standard InChI is InChI=1S/C12H6BrClF2OS/c1-5-2-6(9(16)4-8(5)15)11(17)10-3-7(14)12(13)18-10/h2-4H,1H3.